The summed E-state index contributed by atoms with van der Waals surface area (Å²) in [6.07, 6.45) is 0.954. The first-order valence-corrected chi connectivity index (χ1v) is 7.48. The molecule has 0 spiro atoms. The second-order valence-corrected chi connectivity index (χ2v) is 6.57. The van der Waals surface area contributed by atoms with Gasteiger partial charge in [0.05, 0.1) is 0 Å². The standard InChI is InChI=1S/C19H24FN/c1-19(2,3)21-14-17(13-15-7-5-4-6-8-15)16-9-11-18(20)12-10-16/h4-12,17,21H,13-14H2,1-3H3. The molecule has 0 aliphatic heterocycles. The van der Waals surface area contributed by atoms with Crippen molar-refractivity contribution in [2.24, 2.45) is 0 Å². The van der Waals surface area contributed by atoms with E-state index in [0.717, 1.165) is 13.0 Å². The van der Waals surface area contributed by atoms with Gasteiger partial charge in [-0.2, -0.15) is 0 Å². The molecule has 0 aliphatic rings. The van der Waals surface area contributed by atoms with Crippen LogP contribution < -0.4 is 5.32 Å². The molecule has 1 N–H and O–H groups in total. The maximum atomic E-state index is 13.1. The summed E-state index contributed by atoms with van der Waals surface area (Å²) in [4.78, 5) is 0. The quantitative estimate of drug-likeness (QED) is 0.850. The third-order valence-corrected chi connectivity index (χ3v) is 3.55. The Bertz CT molecular complexity index is 540. The Labute approximate surface area is 127 Å². The van der Waals surface area contributed by atoms with Crippen LogP contribution in [0, 0.1) is 5.82 Å². The van der Waals surface area contributed by atoms with Crippen LogP contribution in [0.3, 0.4) is 0 Å². The van der Waals surface area contributed by atoms with Gasteiger partial charge in [0.25, 0.3) is 0 Å². The van der Waals surface area contributed by atoms with Gasteiger partial charge in [-0.3, -0.25) is 0 Å². The average molecular weight is 285 g/mol. The zero-order valence-corrected chi connectivity index (χ0v) is 13.1. The molecule has 0 saturated carbocycles. The van der Waals surface area contributed by atoms with Crippen LogP contribution in [0.25, 0.3) is 0 Å². The summed E-state index contributed by atoms with van der Waals surface area (Å²) in [5.41, 5.74) is 2.56. The van der Waals surface area contributed by atoms with Gasteiger partial charge in [-0.25, -0.2) is 4.39 Å². The Morgan fingerprint density at radius 2 is 1.57 bits per heavy atom. The third-order valence-electron chi connectivity index (χ3n) is 3.55. The minimum atomic E-state index is -0.180. The number of rotatable bonds is 5. The first-order valence-electron chi connectivity index (χ1n) is 7.48. The summed E-state index contributed by atoms with van der Waals surface area (Å²) >= 11 is 0. The lowest BCUT2D eigenvalue weighted by atomic mass is 9.91. The molecule has 0 saturated heterocycles. The van der Waals surface area contributed by atoms with E-state index in [1.165, 1.54) is 11.1 Å². The molecule has 0 heterocycles. The van der Waals surface area contributed by atoms with Crippen molar-refractivity contribution in [2.75, 3.05) is 6.54 Å². The number of hydrogen-bond donors (Lipinski definition) is 1. The van der Waals surface area contributed by atoms with Crippen LogP contribution in [0.15, 0.2) is 54.6 Å². The van der Waals surface area contributed by atoms with E-state index in [1.807, 2.05) is 18.2 Å². The number of nitrogens with one attached hydrogen (secondary N) is 1. The summed E-state index contributed by atoms with van der Waals surface area (Å²) in [5.74, 6) is 0.160. The van der Waals surface area contributed by atoms with E-state index in [1.54, 1.807) is 12.1 Å². The topological polar surface area (TPSA) is 12.0 Å². The molecule has 2 rings (SSSR count). The van der Waals surface area contributed by atoms with Crippen molar-refractivity contribution in [1.29, 1.82) is 0 Å². The van der Waals surface area contributed by atoms with Crippen LogP contribution >= 0.6 is 0 Å². The zero-order valence-electron chi connectivity index (χ0n) is 13.1. The van der Waals surface area contributed by atoms with Gasteiger partial charge in [-0.15, -0.1) is 0 Å². The molecule has 0 amide bonds. The van der Waals surface area contributed by atoms with E-state index in [-0.39, 0.29) is 11.4 Å². The lowest BCUT2D eigenvalue weighted by Gasteiger charge is -2.26. The molecule has 1 unspecified atom stereocenters. The molecular weight excluding hydrogens is 261 g/mol. The first-order chi connectivity index (χ1) is 9.94. The van der Waals surface area contributed by atoms with Crippen LogP contribution in [-0.2, 0) is 6.42 Å². The fraction of sp³-hybridized carbons (Fsp3) is 0.368. The maximum absolute atomic E-state index is 13.1. The lowest BCUT2D eigenvalue weighted by Crippen LogP contribution is -2.39. The van der Waals surface area contributed by atoms with Crippen molar-refractivity contribution in [3.05, 3.63) is 71.5 Å². The molecule has 2 heteroatoms. The molecule has 0 aliphatic carbocycles. The molecule has 0 bridgehead atoms. The fourth-order valence-corrected chi connectivity index (χ4v) is 2.37. The molecule has 0 radical (unpaired) electrons. The maximum Gasteiger partial charge on any atom is 0.123 e. The van der Waals surface area contributed by atoms with Crippen molar-refractivity contribution < 1.29 is 4.39 Å². The Hall–Kier alpha value is -1.67. The van der Waals surface area contributed by atoms with Gasteiger partial charge in [0.1, 0.15) is 5.82 Å². The average Bonchev–Trinajstić information content (AvgIpc) is 2.45. The van der Waals surface area contributed by atoms with Crippen LogP contribution in [0.2, 0.25) is 0 Å². The van der Waals surface area contributed by atoms with Crippen molar-refractivity contribution in [2.45, 2.75) is 38.6 Å². The lowest BCUT2D eigenvalue weighted by molar-refractivity contribution is 0.405. The van der Waals surface area contributed by atoms with Gasteiger partial charge < -0.3 is 5.32 Å². The highest BCUT2D eigenvalue weighted by Crippen LogP contribution is 2.21. The predicted octanol–water partition coefficient (Wildman–Crippen LogP) is 4.54. The Morgan fingerprint density at radius 3 is 2.14 bits per heavy atom. The van der Waals surface area contributed by atoms with E-state index in [9.17, 15) is 4.39 Å². The van der Waals surface area contributed by atoms with Crippen molar-refractivity contribution in [3.8, 4) is 0 Å². The van der Waals surface area contributed by atoms with E-state index in [0.29, 0.717) is 5.92 Å². The Balaban J connectivity index is 2.15. The van der Waals surface area contributed by atoms with Gasteiger partial charge >= 0.3 is 0 Å². The molecule has 2 aromatic rings. The highest BCUT2D eigenvalue weighted by Gasteiger charge is 2.16. The summed E-state index contributed by atoms with van der Waals surface area (Å²) in [5, 5.41) is 3.56. The number of benzene rings is 2. The number of halogens is 1. The van der Waals surface area contributed by atoms with E-state index in [4.69, 9.17) is 0 Å². The van der Waals surface area contributed by atoms with Gasteiger partial charge in [0.15, 0.2) is 0 Å². The van der Waals surface area contributed by atoms with Gasteiger partial charge in [-0.05, 0) is 50.5 Å². The summed E-state index contributed by atoms with van der Waals surface area (Å²) in [7, 11) is 0. The van der Waals surface area contributed by atoms with Gasteiger partial charge in [0.2, 0.25) is 0 Å². The highest BCUT2D eigenvalue weighted by atomic mass is 19.1. The monoisotopic (exact) mass is 285 g/mol. The minimum absolute atomic E-state index is 0.0783. The molecular formula is C19H24FN. The largest absolute Gasteiger partial charge is 0.311 e. The second kappa shape index (κ2) is 6.86. The highest BCUT2D eigenvalue weighted by molar-refractivity contribution is 5.25. The number of hydrogen-bond acceptors (Lipinski definition) is 1. The van der Waals surface area contributed by atoms with Crippen molar-refractivity contribution in [1.82, 2.24) is 5.32 Å². The molecule has 1 nitrogen and oxygen atoms in total. The second-order valence-electron chi connectivity index (χ2n) is 6.57. The Morgan fingerprint density at radius 1 is 0.952 bits per heavy atom. The molecule has 112 valence electrons. The zero-order chi connectivity index (χ0) is 15.3. The van der Waals surface area contributed by atoms with Crippen LogP contribution in [0.5, 0.6) is 0 Å². The van der Waals surface area contributed by atoms with Crippen LogP contribution in [-0.4, -0.2) is 12.1 Å². The molecule has 1 atom stereocenters. The fourth-order valence-electron chi connectivity index (χ4n) is 2.37. The SMILES string of the molecule is CC(C)(C)NCC(Cc1ccccc1)c1ccc(F)cc1. The van der Waals surface area contributed by atoms with E-state index < -0.39 is 0 Å². The van der Waals surface area contributed by atoms with E-state index >= 15 is 0 Å². The predicted molar refractivity (Wildman–Crippen MR) is 87.0 cm³/mol. The Kier molecular flexibility index (Phi) is 5.13. The molecule has 2 aromatic carbocycles. The van der Waals surface area contributed by atoms with Crippen molar-refractivity contribution in [3.63, 3.8) is 0 Å². The summed E-state index contributed by atoms with van der Waals surface area (Å²) < 4.78 is 13.1. The van der Waals surface area contributed by atoms with E-state index in [2.05, 4.69) is 50.4 Å². The van der Waals surface area contributed by atoms with Crippen molar-refractivity contribution >= 4 is 0 Å². The smallest absolute Gasteiger partial charge is 0.123 e. The molecule has 21 heavy (non-hydrogen) atoms. The normalized spacial score (nSPS) is 13.1. The molecule has 0 aromatic heterocycles. The van der Waals surface area contributed by atoms with Gasteiger partial charge in [0, 0.05) is 18.0 Å². The molecule has 0 fully saturated rings. The summed E-state index contributed by atoms with van der Waals surface area (Å²) in [6.45, 7) is 7.37. The van der Waals surface area contributed by atoms with Crippen LogP contribution in [0.1, 0.15) is 37.8 Å². The first kappa shape index (κ1) is 15.7. The minimum Gasteiger partial charge on any atom is -0.311 e. The third kappa shape index (κ3) is 5.31. The van der Waals surface area contributed by atoms with Crippen LogP contribution in [0.4, 0.5) is 4.39 Å². The summed E-state index contributed by atoms with van der Waals surface area (Å²) in [6, 6.07) is 17.3. The van der Waals surface area contributed by atoms with Gasteiger partial charge in [-0.1, -0.05) is 42.5 Å².